The summed E-state index contributed by atoms with van der Waals surface area (Å²) in [5.74, 6) is -0.277. The fraction of sp³-hybridized carbons (Fsp3) is 0.250. The first-order chi connectivity index (χ1) is 13.8. The highest BCUT2D eigenvalue weighted by atomic mass is 19.4. The first kappa shape index (κ1) is 20.0. The molecule has 0 saturated heterocycles. The van der Waals surface area contributed by atoms with Gasteiger partial charge in [0.05, 0.1) is 0 Å². The Kier molecular flexibility index (Phi) is 5.85. The van der Waals surface area contributed by atoms with Crippen LogP contribution in [0, 0.1) is 0 Å². The summed E-state index contributed by atoms with van der Waals surface area (Å²) in [5.41, 5.74) is 0.262. The summed E-state index contributed by atoms with van der Waals surface area (Å²) in [5, 5.41) is 21.4. The number of H-pyrrole nitrogens is 1. The molecule has 0 unspecified atom stereocenters. The Bertz CT molecular complexity index is 959. The van der Waals surface area contributed by atoms with Crippen LogP contribution in [0.5, 0.6) is 0 Å². The number of aromatic amines is 1. The van der Waals surface area contributed by atoms with Gasteiger partial charge in [0.1, 0.15) is 11.4 Å². The molecule has 0 aliphatic rings. The zero-order valence-electron chi connectivity index (χ0n) is 15.1. The standard InChI is InChI=1S/C16H16F3N9O/c1-9(29)20-6-7-21-14-12(16(17,18)19)8-22-15(24-14)23-11-4-2-10(3-5-11)13-25-27-28-26-13/h2-5,8H,6-7H2,1H3,(H,20,29)(H2,21,22,23,24)(H,25,26,27,28). The third-order valence-corrected chi connectivity index (χ3v) is 3.63. The van der Waals surface area contributed by atoms with Crippen molar-refractivity contribution in [2.75, 3.05) is 23.7 Å². The number of hydrogen-bond acceptors (Lipinski definition) is 8. The number of amides is 1. The lowest BCUT2D eigenvalue weighted by Gasteiger charge is -2.15. The molecule has 1 aromatic carbocycles. The maximum atomic E-state index is 13.2. The van der Waals surface area contributed by atoms with Crippen LogP contribution in [-0.2, 0) is 11.0 Å². The van der Waals surface area contributed by atoms with Crippen LogP contribution in [0.2, 0.25) is 0 Å². The van der Waals surface area contributed by atoms with Crippen molar-refractivity contribution >= 4 is 23.4 Å². The minimum Gasteiger partial charge on any atom is -0.368 e. The largest absolute Gasteiger partial charge is 0.421 e. The minimum absolute atomic E-state index is 0.0210. The van der Waals surface area contributed by atoms with Crippen LogP contribution < -0.4 is 16.0 Å². The van der Waals surface area contributed by atoms with Crippen molar-refractivity contribution in [2.45, 2.75) is 13.1 Å². The van der Waals surface area contributed by atoms with Gasteiger partial charge in [-0.15, -0.1) is 10.2 Å². The first-order valence-corrected chi connectivity index (χ1v) is 8.36. The molecule has 10 nitrogen and oxygen atoms in total. The number of rotatable bonds is 7. The summed E-state index contributed by atoms with van der Waals surface area (Å²) in [6, 6.07) is 6.78. The van der Waals surface area contributed by atoms with E-state index < -0.39 is 11.7 Å². The predicted octanol–water partition coefficient (Wildman–Crippen LogP) is 1.97. The van der Waals surface area contributed by atoms with Gasteiger partial charge in [-0.05, 0) is 29.5 Å². The van der Waals surface area contributed by atoms with E-state index in [1.165, 1.54) is 6.92 Å². The molecular formula is C16H16F3N9O. The van der Waals surface area contributed by atoms with Gasteiger partial charge in [0.25, 0.3) is 0 Å². The molecule has 4 N–H and O–H groups in total. The highest BCUT2D eigenvalue weighted by Crippen LogP contribution is 2.34. The summed E-state index contributed by atoms with van der Waals surface area (Å²) in [6.07, 6.45) is -3.93. The van der Waals surface area contributed by atoms with E-state index >= 15 is 0 Å². The van der Waals surface area contributed by atoms with Crippen LogP contribution in [0.3, 0.4) is 0 Å². The molecule has 0 saturated carbocycles. The zero-order valence-corrected chi connectivity index (χ0v) is 15.1. The van der Waals surface area contributed by atoms with Crippen molar-refractivity contribution in [3.63, 3.8) is 0 Å². The molecule has 0 bridgehead atoms. The average molecular weight is 407 g/mol. The topological polar surface area (TPSA) is 133 Å². The van der Waals surface area contributed by atoms with Crippen LogP contribution in [0.4, 0.5) is 30.6 Å². The number of nitrogens with one attached hydrogen (secondary N) is 4. The van der Waals surface area contributed by atoms with Gasteiger partial charge in [-0.25, -0.2) is 4.98 Å². The lowest BCUT2D eigenvalue weighted by Crippen LogP contribution is -2.27. The number of carbonyl (C=O) groups is 1. The Labute approximate surface area is 162 Å². The van der Waals surface area contributed by atoms with E-state index in [4.69, 9.17) is 0 Å². The van der Waals surface area contributed by atoms with Crippen molar-refractivity contribution in [3.05, 3.63) is 36.0 Å². The fourth-order valence-corrected chi connectivity index (χ4v) is 2.32. The van der Waals surface area contributed by atoms with Crippen molar-refractivity contribution in [3.8, 4) is 11.4 Å². The lowest BCUT2D eigenvalue weighted by atomic mass is 10.2. The highest BCUT2D eigenvalue weighted by molar-refractivity contribution is 5.72. The lowest BCUT2D eigenvalue weighted by molar-refractivity contribution is -0.137. The molecule has 0 aliphatic heterocycles. The van der Waals surface area contributed by atoms with Crippen molar-refractivity contribution < 1.29 is 18.0 Å². The number of nitrogens with zero attached hydrogens (tertiary/aromatic N) is 5. The van der Waals surface area contributed by atoms with Gasteiger partial charge < -0.3 is 16.0 Å². The highest BCUT2D eigenvalue weighted by Gasteiger charge is 2.35. The summed E-state index contributed by atoms with van der Waals surface area (Å²) in [6.45, 7) is 1.53. The van der Waals surface area contributed by atoms with Crippen LogP contribution in [-0.4, -0.2) is 49.6 Å². The first-order valence-electron chi connectivity index (χ1n) is 8.36. The molecule has 2 heterocycles. The molecule has 0 radical (unpaired) electrons. The van der Waals surface area contributed by atoms with Crippen LogP contribution in [0.1, 0.15) is 12.5 Å². The molecule has 2 aromatic heterocycles. The maximum Gasteiger partial charge on any atom is 0.421 e. The predicted molar refractivity (Wildman–Crippen MR) is 97.1 cm³/mol. The van der Waals surface area contributed by atoms with E-state index in [0.717, 1.165) is 0 Å². The second-order valence-corrected chi connectivity index (χ2v) is 5.80. The molecule has 0 aliphatic carbocycles. The van der Waals surface area contributed by atoms with E-state index in [9.17, 15) is 18.0 Å². The van der Waals surface area contributed by atoms with Crippen molar-refractivity contribution in [1.82, 2.24) is 35.9 Å². The molecule has 152 valence electrons. The molecular weight excluding hydrogens is 391 g/mol. The number of benzene rings is 1. The Morgan fingerprint density at radius 1 is 1.17 bits per heavy atom. The molecule has 3 aromatic rings. The smallest absolute Gasteiger partial charge is 0.368 e. The second-order valence-electron chi connectivity index (χ2n) is 5.80. The van der Waals surface area contributed by atoms with E-state index in [0.29, 0.717) is 23.3 Å². The molecule has 29 heavy (non-hydrogen) atoms. The number of hydrogen-bond donors (Lipinski definition) is 4. The summed E-state index contributed by atoms with van der Waals surface area (Å²) in [4.78, 5) is 18.5. The van der Waals surface area contributed by atoms with Crippen molar-refractivity contribution in [1.29, 1.82) is 0 Å². The third-order valence-electron chi connectivity index (χ3n) is 3.63. The van der Waals surface area contributed by atoms with E-state index in [2.05, 4.69) is 46.5 Å². The number of carbonyl (C=O) groups excluding carboxylic acids is 1. The van der Waals surface area contributed by atoms with Crippen LogP contribution in [0.25, 0.3) is 11.4 Å². The SMILES string of the molecule is CC(=O)NCCNc1nc(Nc2ccc(-c3nn[nH]n3)cc2)ncc1C(F)(F)F. The summed E-state index contributed by atoms with van der Waals surface area (Å²) in [7, 11) is 0. The van der Waals surface area contributed by atoms with Gasteiger partial charge >= 0.3 is 6.18 Å². The van der Waals surface area contributed by atoms with Gasteiger partial charge in [-0.2, -0.15) is 23.4 Å². The van der Waals surface area contributed by atoms with Gasteiger partial charge in [0.2, 0.25) is 17.7 Å². The van der Waals surface area contributed by atoms with Crippen molar-refractivity contribution in [2.24, 2.45) is 0 Å². The van der Waals surface area contributed by atoms with E-state index in [-0.39, 0.29) is 30.8 Å². The molecule has 1 amide bonds. The average Bonchev–Trinajstić information content (AvgIpc) is 3.20. The molecule has 0 spiro atoms. The Balaban J connectivity index is 1.75. The number of aromatic nitrogens is 6. The van der Waals surface area contributed by atoms with Gasteiger partial charge in [0, 0.05) is 37.5 Å². The van der Waals surface area contributed by atoms with Gasteiger partial charge in [0.15, 0.2) is 0 Å². The number of anilines is 3. The molecule has 0 atom stereocenters. The van der Waals surface area contributed by atoms with E-state index in [1.54, 1.807) is 24.3 Å². The maximum absolute atomic E-state index is 13.2. The molecule has 13 heteroatoms. The van der Waals surface area contributed by atoms with E-state index in [1.807, 2.05) is 0 Å². The van der Waals surface area contributed by atoms with Gasteiger partial charge in [-0.3, -0.25) is 4.79 Å². The third kappa shape index (κ3) is 5.37. The second kappa shape index (κ2) is 8.50. The summed E-state index contributed by atoms with van der Waals surface area (Å²) < 4.78 is 39.6. The fourth-order valence-electron chi connectivity index (χ4n) is 2.32. The number of tetrazole rings is 1. The normalized spacial score (nSPS) is 11.2. The van der Waals surface area contributed by atoms with Crippen LogP contribution >= 0.6 is 0 Å². The number of halogens is 3. The zero-order chi connectivity index (χ0) is 20.9. The molecule has 0 fully saturated rings. The number of alkyl halides is 3. The Morgan fingerprint density at radius 2 is 1.93 bits per heavy atom. The summed E-state index contributed by atoms with van der Waals surface area (Å²) >= 11 is 0. The quantitative estimate of drug-likeness (QED) is 0.437. The minimum atomic E-state index is -4.62. The van der Waals surface area contributed by atoms with Crippen LogP contribution in [0.15, 0.2) is 30.5 Å². The monoisotopic (exact) mass is 407 g/mol. The Morgan fingerprint density at radius 3 is 2.55 bits per heavy atom. The van der Waals surface area contributed by atoms with Gasteiger partial charge in [-0.1, -0.05) is 0 Å². The Hall–Kier alpha value is -3.77. The molecule has 3 rings (SSSR count).